The predicted octanol–water partition coefficient (Wildman–Crippen LogP) is 13.6. The Morgan fingerprint density at radius 3 is 0.818 bits per heavy atom. The Morgan fingerprint density at radius 1 is 0.576 bits per heavy atom. The van der Waals surface area contributed by atoms with Gasteiger partial charge in [-0.2, -0.15) is 0 Å². The van der Waals surface area contributed by atoms with E-state index in [1.807, 2.05) is 13.8 Å². The standard InChI is InChI=1S/C6H12.C6H14.3C5H12.C4H10.2CH4/c1-5(2)6-3-4-6;1-4-5-6(2)3;3*1-4-5(2)3;1-4(2)3;;/h5-6H,3-4H2,1-2H3;6H,4-5H2,1-3H3;3*5H,4H2,1-3H3;4H,1-3H3;2*1H4/i;;4D2;;;;;. The molecule has 0 amide bonds. The maximum atomic E-state index is 7.05. The second kappa shape index (κ2) is 39.2. The third kappa shape index (κ3) is 112. The third-order valence-corrected chi connectivity index (χ3v) is 4.64. The van der Waals surface area contributed by atoms with E-state index in [0.29, 0.717) is 0 Å². The molecule has 1 aliphatic carbocycles. The molecular weight excluding hydrogens is 396 g/mol. The minimum absolute atomic E-state index is 0. The maximum absolute atomic E-state index is 7.05. The van der Waals surface area contributed by atoms with Crippen molar-refractivity contribution in [3.63, 3.8) is 0 Å². The zero-order chi connectivity index (χ0) is 27.8. The third-order valence-electron chi connectivity index (χ3n) is 4.64. The van der Waals surface area contributed by atoms with Gasteiger partial charge in [0.25, 0.3) is 0 Å². The molecular formula is C33H80. The van der Waals surface area contributed by atoms with E-state index in [-0.39, 0.29) is 20.8 Å². The fourth-order valence-corrected chi connectivity index (χ4v) is 1.34. The van der Waals surface area contributed by atoms with Crippen LogP contribution >= 0.6 is 0 Å². The molecule has 0 saturated heterocycles. The van der Waals surface area contributed by atoms with Crippen LogP contribution in [0.25, 0.3) is 0 Å². The lowest BCUT2D eigenvalue weighted by Gasteiger charge is -1.95. The van der Waals surface area contributed by atoms with Crippen LogP contribution < -0.4 is 0 Å². The molecule has 0 heterocycles. The van der Waals surface area contributed by atoms with Gasteiger partial charge < -0.3 is 0 Å². The van der Waals surface area contributed by atoms with Gasteiger partial charge in [0.1, 0.15) is 0 Å². The van der Waals surface area contributed by atoms with Gasteiger partial charge in [-0.25, -0.2) is 0 Å². The fraction of sp³-hybridized carbons (Fsp3) is 1.00. The van der Waals surface area contributed by atoms with Gasteiger partial charge >= 0.3 is 0 Å². The van der Waals surface area contributed by atoms with Gasteiger partial charge in [0.2, 0.25) is 0 Å². The van der Waals surface area contributed by atoms with Crippen molar-refractivity contribution in [2.75, 3.05) is 0 Å². The van der Waals surface area contributed by atoms with E-state index in [2.05, 4.69) is 96.9 Å². The highest BCUT2D eigenvalue weighted by Crippen LogP contribution is 2.35. The number of rotatable bonds is 6. The molecule has 0 radical (unpaired) electrons. The monoisotopic (exact) mass is 479 g/mol. The minimum Gasteiger partial charge on any atom is -0.0776 e. The molecule has 0 unspecified atom stereocenters. The van der Waals surface area contributed by atoms with Crippen molar-refractivity contribution in [3.8, 4) is 0 Å². The van der Waals surface area contributed by atoms with Crippen LogP contribution in [-0.2, 0) is 0 Å². The molecule has 33 heavy (non-hydrogen) atoms. The van der Waals surface area contributed by atoms with Crippen LogP contribution in [0.1, 0.15) is 180 Å². The summed E-state index contributed by atoms with van der Waals surface area (Å²) < 4.78 is 14.1. The molecule has 0 spiro atoms. The molecule has 1 saturated carbocycles. The van der Waals surface area contributed by atoms with Gasteiger partial charge in [-0.15, -0.1) is 0 Å². The smallest absolute Gasteiger partial charge is 0.0266 e. The van der Waals surface area contributed by atoms with Gasteiger partial charge in [-0.3, -0.25) is 0 Å². The van der Waals surface area contributed by atoms with Crippen LogP contribution in [0.4, 0.5) is 0 Å². The molecule has 0 nitrogen and oxygen atoms in total. The number of hydrogen-bond acceptors (Lipinski definition) is 0. The molecule has 0 heteroatoms. The van der Waals surface area contributed by atoms with Crippen molar-refractivity contribution in [2.45, 2.75) is 177 Å². The van der Waals surface area contributed by atoms with Crippen LogP contribution in [0.5, 0.6) is 0 Å². The molecule has 0 aromatic heterocycles. The fourth-order valence-electron chi connectivity index (χ4n) is 1.34. The normalized spacial score (nSPS) is 12.7. The summed E-state index contributed by atoms with van der Waals surface area (Å²) in [5.74, 6) is 5.70. The molecule has 0 bridgehead atoms. The van der Waals surface area contributed by atoms with E-state index in [1.54, 1.807) is 6.92 Å². The summed E-state index contributed by atoms with van der Waals surface area (Å²) in [6.07, 6.45) is 7.31. The minimum atomic E-state index is -1.00. The number of hydrogen-bond donors (Lipinski definition) is 0. The molecule has 0 atom stereocenters. The summed E-state index contributed by atoms with van der Waals surface area (Å²) in [5.41, 5.74) is 0. The lowest BCUT2D eigenvalue weighted by molar-refractivity contribution is 0.563. The zero-order valence-corrected chi connectivity index (χ0v) is 25.8. The van der Waals surface area contributed by atoms with Gasteiger partial charge in [0.15, 0.2) is 0 Å². The van der Waals surface area contributed by atoms with E-state index in [0.717, 1.165) is 35.5 Å². The first kappa shape index (κ1) is 43.1. The van der Waals surface area contributed by atoms with Crippen molar-refractivity contribution in [2.24, 2.45) is 41.4 Å². The summed E-state index contributed by atoms with van der Waals surface area (Å²) >= 11 is 0. The predicted molar refractivity (Wildman–Crippen MR) is 167 cm³/mol. The topological polar surface area (TPSA) is 0 Å². The van der Waals surface area contributed by atoms with Crippen molar-refractivity contribution < 1.29 is 2.74 Å². The van der Waals surface area contributed by atoms with E-state index in [9.17, 15) is 0 Å². The second-order valence-corrected chi connectivity index (χ2v) is 11.5. The highest BCUT2D eigenvalue weighted by molar-refractivity contribution is 4.75. The zero-order valence-electron chi connectivity index (χ0n) is 27.8. The quantitative estimate of drug-likeness (QED) is 0.356. The summed E-state index contributed by atoms with van der Waals surface area (Å²) in [7, 11) is 0. The van der Waals surface area contributed by atoms with Crippen LogP contribution in [0.2, 0.25) is 0 Å². The highest BCUT2D eigenvalue weighted by Gasteiger charge is 2.23. The Balaban J connectivity index is -0.0000000536. The average Bonchev–Trinajstić information content (AvgIpc) is 3.47. The molecule has 0 N–H and O–H groups in total. The lowest BCUT2D eigenvalue weighted by Crippen LogP contribution is -1.85. The molecule has 0 aliphatic heterocycles. The second-order valence-electron chi connectivity index (χ2n) is 11.5. The SMILES string of the molecule is C.C.CC(C)C.CC(C)C1CC1.CCC(C)C.CCC(C)C.CCCC(C)C.[2H]C([2H])(C)C(C)C. The van der Waals surface area contributed by atoms with E-state index in [4.69, 9.17) is 2.74 Å². The maximum Gasteiger partial charge on any atom is 0.0266 e. The van der Waals surface area contributed by atoms with E-state index in [1.165, 1.54) is 38.5 Å². The Bertz CT molecular complexity index is 308. The van der Waals surface area contributed by atoms with Crippen molar-refractivity contribution in [1.29, 1.82) is 0 Å². The van der Waals surface area contributed by atoms with Crippen molar-refractivity contribution >= 4 is 0 Å². The summed E-state index contributed by atoms with van der Waals surface area (Å²) in [6, 6.07) is 0. The highest BCUT2D eigenvalue weighted by atomic mass is 14.3. The van der Waals surface area contributed by atoms with E-state index < -0.39 is 6.37 Å². The van der Waals surface area contributed by atoms with Crippen LogP contribution in [-0.4, -0.2) is 0 Å². The summed E-state index contributed by atoms with van der Waals surface area (Å²) in [5, 5.41) is 0. The van der Waals surface area contributed by atoms with Gasteiger partial charge in [-0.1, -0.05) is 165 Å². The Labute approximate surface area is 221 Å². The Kier molecular flexibility index (Phi) is 51.2. The average molecular weight is 479 g/mol. The van der Waals surface area contributed by atoms with Gasteiger partial charge in [-0.05, 0) is 54.3 Å². The van der Waals surface area contributed by atoms with Crippen LogP contribution in [0.3, 0.4) is 0 Å². The summed E-state index contributed by atoms with van der Waals surface area (Å²) in [4.78, 5) is 0. The molecule has 1 aliphatic rings. The van der Waals surface area contributed by atoms with Crippen LogP contribution in [0, 0.1) is 41.4 Å². The lowest BCUT2D eigenvalue weighted by atomic mass is 10.1. The van der Waals surface area contributed by atoms with E-state index >= 15 is 0 Å². The van der Waals surface area contributed by atoms with Crippen molar-refractivity contribution in [1.82, 2.24) is 0 Å². The largest absolute Gasteiger partial charge is 0.0776 e. The summed E-state index contributed by atoms with van der Waals surface area (Å²) in [6.45, 7) is 36.5. The molecule has 0 aromatic carbocycles. The Hall–Kier alpha value is 0. The van der Waals surface area contributed by atoms with Gasteiger partial charge in [0, 0.05) is 2.74 Å². The molecule has 212 valence electrons. The van der Waals surface area contributed by atoms with Crippen LogP contribution in [0.15, 0.2) is 0 Å². The molecule has 1 fully saturated rings. The molecule has 0 aromatic rings. The first-order valence-corrected chi connectivity index (χ1v) is 13.8. The van der Waals surface area contributed by atoms with Gasteiger partial charge in [0.05, 0.1) is 0 Å². The van der Waals surface area contributed by atoms with Crippen molar-refractivity contribution in [3.05, 3.63) is 0 Å². The first-order chi connectivity index (χ1) is 14.8. The first-order valence-electron chi connectivity index (χ1n) is 14.8. The molecule has 1 rings (SSSR count). The Morgan fingerprint density at radius 2 is 0.818 bits per heavy atom.